The van der Waals surface area contributed by atoms with Gasteiger partial charge in [0, 0.05) is 19.3 Å². The molecule has 1 saturated heterocycles. The van der Waals surface area contributed by atoms with Crippen LogP contribution in [0.4, 0.5) is 0 Å². The third-order valence-corrected chi connectivity index (χ3v) is 6.33. The summed E-state index contributed by atoms with van der Waals surface area (Å²) in [6, 6.07) is 2.30. The summed E-state index contributed by atoms with van der Waals surface area (Å²) in [7, 11) is 0. The van der Waals surface area contributed by atoms with Crippen LogP contribution in [0.25, 0.3) is 0 Å². The van der Waals surface area contributed by atoms with Gasteiger partial charge in [-0.25, -0.2) is 4.79 Å². The van der Waals surface area contributed by atoms with E-state index in [1.165, 1.54) is 0 Å². The molecule has 4 amide bonds. The zero-order valence-corrected chi connectivity index (χ0v) is 24.7. The molecule has 2 rings (SSSR count). The molecule has 0 radical (unpaired) electrons. The third kappa shape index (κ3) is 11.8. The minimum atomic E-state index is -1.49. The topological polar surface area (TPSA) is 200 Å². The minimum absolute atomic E-state index is 0.0192. The van der Waals surface area contributed by atoms with E-state index in [0.29, 0.717) is 17.7 Å². The maximum Gasteiger partial charge on any atom is 0.326 e. The van der Waals surface area contributed by atoms with E-state index in [-0.39, 0.29) is 37.5 Å². The van der Waals surface area contributed by atoms with Crippen LogP contribution in [-0.2, 0) is 35.2 Å². The molecular formula is C29H42N4O9. The molecule has 13 heteroatoms. The van der Waals surface area contributed by atoms with Crippen molar-refractivity contribution in [3.63, 3.8) is 0 Å². The molecule has 1 heterocycles. The fraction of sp³-hybridized carbons (Fsp3) is 0.586. The van der Waals surface area contributed by atoms with Crippen molar-refractivity contribution in [1.29, 1.82) is 0 Å². The second-order valence-electron chi connectivity index (χ2n) is 11.8. The van der Waals surface area contributed by atoms with Gasteiger partial charge < -0.3 is 36.2 Å². The van der Waals surface area contributed by atoms with Gasteiger partial charge in [0.05, 0.1) is 0 Å². The van der Waals surface area contributed by atoms with Gasteiger partial charge in [0.25, 0.3) is 0 Å². The quantitative estimate of drug-likeness (QED) is 0.173. The molecule has 1 aliphatic rings. The van der Waals surface area contributed by atoms with E-state index in [9.17, 15) is 33.9 Å². The first-order chi connectivity index (χ1) is 19.5. The first-order valence-electron chi connectivity index (χ1n) is 14.0. The van der Waals surface area contributed by atoms with E-state index in [1.54, 1.807) is 24.3 Å². The van der Waals surface area contributed by atoms with Gasteiger partial charge in [0.2, 0.25) is 23.6 Å². The number of carbonyl (C=O) groups is 6. The fourth-order valence-electron chi connectivity index (χ4n) is 4.35. The SMILES string of the molecule is CC(C)C[C@H](NC(=O)[C@@H]1CCC(=O)N1)C(=O)N[C@@H](Cc1ccc(OC(C)(C)C)cc1)C(=O)N[C@@H](CCC(=O)O)C(=O)O. The predicted octanol–water partition coefficient (Wildman–Crippen LogP) is 1.13. The van der Waals surface area contributed by atoms with Crippen molar-refractivity contribution in [2.75, 3.05) is 0 Å². The normalized spacial score (nSPS) is 17.0. The summed E-state index contributed by atoms with van der Waals surface area (Å²) in [4.78, 5) is 73.8. The number of rotatable bonds is 15. The molecule has 0 aromatic heterocycles. The highest BCUT2D eigenvalue weighted by Gasteiger charge is 2.33. The van der Waals surface area contributed by atoms with Gasteiger partial charge in [-0.1, -0.05) is 26.0 Å². The number of carboxylic acid groups (broad SMARTS) is 2. The van der Waals surface area contributed by atoms with Gasteiger partial charge in [0.15, 0.2) is 0 Å². The Kier molecular flexibility index (Phi) is 12.3. The van der Waals surface area contributed by atoms with Gasteiger partial charge in [-0.2, -0.15) is 0 Å². The van der Waals surface area contributed by atoms with E-state index >= 15 is 0 Å². The number of carboxylic acids is 2. The summed E-state index contributed by atoms with van der Waals surface area (Å²) in [6.45, 7) is 9.40. The Bertz CT molecular complexity index is 1140. The largest absolute Gasteiger partial charge is 0.488 e. The monoisotopic (exact) mass is 590 g/mol. The van der Waals surface area contributed by atoms with Gasteiger partial charge >= 0.3 is 11.9 Å². The molecule has 1 aliphatic heterocycles. The van der Waals surface area contributed by atoms with Crippen LogP contribution in [0.2, 0.25) is 0 Å². The minimum Gasteiger partial charge on any atom is -0.488 e. The molecule has 232 valence electrons. The lowest BCUT2D eigenvalue weighted by atomic mass is 10.00. The van der Waals surface area contributed by atoms with Crippen molar-refractivity contribution in [3.05, 3.63) is 29.8 Å². The maximum atomic E-state index is 13.4. The maximum absolute atomic E-state index is 13.4. The first-order valence-corrected chi connectivity index (χ1v) is 14.0. The average molecular weight is 591 g/mol. The van der Waals surface area contributed by atoms with Crippen LogP contribution in [0.1, 0.15) is 72.3 Å². The first kappa shape index (κ1) is 34.0. The lowest BCUT2D eigenvalue weighted by Gasteiger charge is -2.26. The Balaban J connectivity index is 2.27. The number of nitrogens with one attached hydrogen (secondary N) is 4. The molecule has 0 unspecified atom stereocenters. The van der Waals surface area contributed by atoms with Crippen molar-refractivity contribution < 1.29 is 43.7 Å². The molecule has 4 atom stereocenters. The standard InChI is InChI=1S/C29H42N4O9/c1-16(2)14-21(32-25(37)19-10-12-23(34)30-19)26(38)33-22(27(39)31-20(28(40)41)11-13-24(35)36)15-17-6-8-18(9-7-17)42-29(3,4)5/h6-9,16,19-22H,10-15H2,1-5H3,(H,30,34)(H,31,39)(H,32,37)(H,33,38)(H,35,36)(H,40,41)/t19-,20-,21-,22-/m0/s1. The van der Waals surface area contributed by atoms with Crippen molar-refractivity contribution in [2.45, 2.75) is 103 Å². The van der Waals surface area contributed by atoms with Crippen LogP contribution in [0.15, 0.2) is 24.3 Å². The lowest BCUT2D eigenvalue weighted by Crippen LogP contribution is -2.57. The Morgan fingerprint density at radius 3 is 2.05 bits per heavy atom. The number of hydrogen-bond acceptors (Lipinski definition) is 7. The van der Waals surface area contributed by atoms with Crippen LogP contribution >= 0.6 is 0 Å². The Hall–Kier alpha value is -4.16. The van der Waals surface area contributed by atoms with Gasteiger partial charge in [-0.15, -0.1) is 0 Å². The summed E-state index contributed by atoms with van der Waals surface area (Å²) in [5, 5.41) is 28.7. The van der Waals surface area contributed by atoms with Crippen molar-refractivity contribution in [2.24, 2.45) is 5.92 Å². The summed E-state index contributed by atoms with van der Waals surface area (Å²) < 4.78 is 5.82. The molecule has 0 bridgehead atoms. The molecular weight excluding hydrogens is 548 g/mol. The predicted molar refractivity (Wildman–Crippen MR) is 151 cm³/mol. The van der Waals surface area contributed by atoms with Crippen molar-refractivity contribution in [1.82, 2.24) is 21.3 Å². The van der Waals surface area contributed by atoms with Gasteiger partial charge in [-0.3, -0.25) is 24.0 Å². The van der Waals surface area contributed by atoms with E-state index < -0.39 is 65.8 Å². The number of carbonyl (C=O) groups excluding carboxylic acids is 4. The second-order valence-corrected chi connectivity index (χ2v) is 11.8. The van der Waals surface area contributed by atoms with Gasteiger partial charge in [0.1, 0.15) is 35.5 Å². The summed E-state index contributed by atoms with van der Waals surface area (Å²) in [5.41, 5.74) is 0.198. The number of aliphatic carboxylic acids is 2. The summed E-state index contributed by atoms with van der Waals surface area (Å²) in [5.74, 6) is -4.32. The van der Waals surface area contributed by atoms with Crippen molar-refractivity contribution >= 4 is 35.6 Å². The summed E-state index contributed by atoms with van der Waals surface area (Å²) >= 11 is 0. The van der Waals surface area contributed by atoms with E-state index in [4.69, 9.17) is 9.84 Å². The fourth-order valence-corrected chi connectivity index (χ4v) is 4.35. The molecule has 0 saturated carbocycles. The highest BCUT2D eigenvalue weighted by Crippen LogP contribution is 2.19. The number of ether oxygens (including phenoxy) is 1. The smallest absolute Gasteiger partial charge is 0.326 e. The zero-order valence-electron chi connectivity index (χ0n) is 24.7. The van der Waals surface area contributed by atoms with Crippen LogP contribution in [0.3, 0.4) is 0 Å². The molecule has 1 aromatic rings. The Labute approximate surface area is 245 Å². The number of hydrogen-bond donors (Lipinski definition) is 6. The highest BCUT2D eigenvalue weighted by molar-refractivity contribution is 5.96. The van der Waals surface area contributed by atoms with E-state index in [1.807, 2.05) is 34.6 Å². The van der Waals surface area contributed by atoms with Crippen LogP contribution in [0, 0.1) is 5.92 Å². The molecule has 1 fully saturated rings. The van der Waals surface area contributed by atoms with Crippen LogP contribution < -0.4 is 26.0 Å². The molecule has 1 aromatic carbocycles. The zero-order chi connectivity index (χ0) is 31.6. The van der Waals surface area contributed by atoms with E-state index in [0.717, 1.165) is 0 Å². The molecule has 0 spiro atoms. The second kappa shape index (κ2) is 15.2. The lowest BCUT2D eigenvalue weighted by molar-refractivity contribution is -0.143. The third-order valence-electron chi connectivity index (χ3n) is 6.33. The molecule has 6 N–H and O–H groups in total. The molecule has 13 nitrogen and oxygen atoms in total. The van der Waals surface area contributed by atoms with Crippen LogP contribution in [-0.4, -0.2) is 75.5 Å². The average Bonchev–Trinajstić information content (AvgIpc) is 3.31. The molecule has 42 heavy (non-hydrogen) atoms. The Morgan fingerprint density at radius 1 is 0.952 bits per heavy atom. The molecule has 0 aliphatic carbocycles. The number of benzene rings is 1. The van der Waals surface area contributed by atoms with E-state index in [2.05, 4.69) is 21.3 Å². The highest BCUT2D eigenvalue weighted by atomic mass is 16.5. The summed E-state index contributed by atoms with van der Waals surface area (Å²) in [6.07, 6.45) is -0.124. The number of amides is 4. The van der Waals surface area contributed by atoms with Crippen molar-refractivity contribution in [3.8, 4) is 5.75 Å². The van der Waals surface area contributed by atoms with Crippen LogP contribution in [0.5, 0.6) is 5.75 Å². The van der Waals surface area contributed by atoms with Gasteiger partial charge in [-0.05, 0) is 63.6 Å². The Morgan fingerprint density at radius 2 is 1.55 bits per heavy atom.